The molecule has 2 aromatic rings. The summed E-state index contributed by atoms with van der Waals surface area (Å²) >= 11 is 0. The minimum atomic E-state index is -0.542. The molecule has 2 aromatic carbocycles. The second-order valence-electron chi connectivity index (χ2n) is 9.28. The van der Waals surface area contributed by atoms with Crippen LogP contribution in [0.4, 0.5) is 0 Å². The Balaban J connectivity index is 2.12. The van der Waals surface area contributed by atoms with E-state index in [1.54, 1.807) is 18.9 Å². The van der Waals surface area contributed by atoms with Gasteiger partial charge in [-0.05, 0) is 54.0 Å². The Morgan fingerprint density at radius 2 is 1.59 bits per heavy atom. The number of hydrogen-bond donors (Lipinski definition) is 1. The van der Waals surface area contributed by atoms with E-state index in [0.29, 0.717) is 25.9 Å². The van der Waals surface area contributed by atoms with Crippen LogP contribution in [0.1, 0.15) is 64.2 Å². The average Bonchev–Trinajstić information content (AvgIpc) is 2.79. The van der Waals surface area contributed by atoms with E-state index in [1.807, 2.05) is 31.2 Å². The van der Waals surface area contributed by atoms with Crippen molar-refractivity contribution in [3.05, 3.63) is 65.2 Å². The summed E-state index contributed by atoms with van der Waals surface area (Å²) in [4.78, 5) is 27.5. The van der Waals surface area contributed by atoms with Crippen molar-refractivity contribution >= 4 is 11.8 Å². The van der Waals surface area contributed by atoms with Crippen molar-refractivity contribution in [1.29, 1.82) is 0 Å². The molecule has 5 heteroatoms. The minimum absolute atomic E-state index is 0.0279. The first kappa shape index (κ1) is 25.4. The third kappa shape index (κ3) is 7.40. The fourth-order valence-electron chi connectivity index (χ4n) is 3.47. The van der Waals surface area contributed by atoms with Crippen LogP contribution in [0.5, 0.6) is 5.75 Å². The molecule has 0 unspecified atom stereocenters. The van der Waals surface area contributed by atoms with Gasteiger partial charge in [0.15, 0.2) is 0 Å². The number of benzene rings is 2. The monoisotopic (exact) mass is 438 g/mol. The van der Waals surface area contributed by atoms with Crippen molar-refractivity contribution in [3.8, 4) is 5.75 Å². The number of hydrogen-bond acceptors (Lipinski definition) is 3. The van der Waals surface area contributed by atoms with Crippen molar-refractivity contribution in [2.45, 2.75) is 71.9 Å². The predicted octanol–water partition coefficient (Wildman–Crippen LogP) is 4.87. The van der Waals surface area contributed by atoms with Crippen LogP contribution in [0, 0.1) is 0 Å². The second-order valence-corrected chi connectivity index (χ2v) is 9.28. The van der Waals surface area contributed by atoms with Gasteiger partial charge in [0.25, 0.3) is 0 Å². The molecular weight excluding hydrogens is 400 g/mol. The van der Waals surface area contributed by atoms with Gasteiger partial charge in [0.05, 0.1) is 7.11 Å². The molecule has 2 rings (SSSR count). The SMILES string of the molecule is CCCNC(=O)[C@H](C)N(Cc1ccc(OC)cc1)C(=O)CCc1ccc(C(C)(C)C)cc1. The molecule has 0 spiro atoms. The first-order valence-electron chi connectivity index (χ1n) is 11.4. The summed E-state index contributed by atoms with van der Waals surface area (Å²) in [5.41, 5.74) is 3.46. The van der Waals surface area contributed by atoms with Gasteiger partial charge in [-0.2, -0.15) is 0 Å². The number of carbonyl (C=O) groups excluding carboxylic acids is 2. The number of ether oxygens (including phenoxy) is 1. The van der Waals surface area contributed by atoms with Crippen LogP contribution in [-0.4, -0.2) is 36.4 Å². The summed E-state index contributed by atoms with van der Waals surface area (Å²) in [6.45, 7) is 11.4. The Labute approximate surface area is 193 Å². The molecule has 0 aliphatic rings. The van der Waals surface area contributed by atoms with Gasteiger partial charge in [0.1, 0.15) is 11.8 Å². The maximum absolute atomic E-state index is 13.2. The number of amides is 2. The topological polar surface area (TPSA) is 58.6 Å². The van der Waals surface area contributed by atoms with Crippen molar-refractivity contribution < 1.29 is 14.3 Å². The smallest absolute Gasteiger partial charge is 0.242 e. The Morgan fingerprint density at radius 1 is 1.00 bits per heavy atom. The highest BCUT2D eigenvalue weighted by Crippen LogP contribution is 2.23. The lowest BCUT2D eigenvalue weighted by Crippen LogP contribution is -2.47. The molecule has 0 heterocycles. The van der Waals surface area contributed by atoms with Crippen LogP contribution in [0.2, 0.25) is 0 Å². The van der Waals surface area contributed by atoms with E-state index in [-0.39, 0.29) is 17.2 Å². The molecule has 1 atom stereocenters. The summed E-state index contributed by atoms with van der Waals surface area (Å²) in [7, 11) is 1.62. The number of aryl methyl sites for hydroxylation is 1. The highest BCUT2D eigenvalue weighted by Gasteiger charge is 2.25. The zero-order valence-corrected chi connectivity index (χ0v) is 20.4. The molecule has 0 bridgehead atoms. The maximum atomic E-state index is 13.2. The van der Waals surface area contributed by atoms with Crippen molar-refractivity contribution in [2.75, 3.05) is 13.7 Å². The van der Waals surface area contributed by atoms with Gasteiger partial charge in [0, 0.05) is 19.5 Å². The van der Waals surface area contributed by atoms with Gasteiger partial charge in [-0.3, -0.25) is 9.59 Å². The van der Waals surface area contributed by atoms with E-state index in [9.17, 15) is 9.59 Å². The molecule has 5 nitrogen and oxygen atoms in total. The largest absolute Gasteiger partial charge is 0.497 e. The van der Waals surface area contributed by atoms with Gasteiger partial charge in [-0.1, -0.05) is 64.1 Å². The van der Waals surface area contributed by atoms with E-state index in [4.69, 9.17) is 4.74 Å². The van der Waals surface area contributed by atoms with Crippen LogP contribution >= 0.6 is 0 Å². The zero-order valence-electron chi connectivity index (χ0n) is 20.4. The summed E-state index contributed by atoms with van der Waals surface area (Å²) in [6.07, 6.45) is 1.86. The number of rotatable bonds is 10. The number of methoxy groups -OCH3 is 1. The van der Waals surface area contributed by atoms with E-state index in [0.717, 1.165) is 23.3 Å². The fraction of sp³-hybridized carbons (Fsp3) is 0.481. The Morgan fingerprint density at radius 3 is 2.12 bits per heavy atom. The normalized spacial score (nSPS) is 12.2. The number of nitrogens with one attached hydrogen (secondary N) is 1. The molecule has 0 aliphatic heterocycles. The second kappa shape index (κ2) is 11.7. The van der Waals surface area contributed by atoms with E-state index in [2.05, 4.69) is 50.4 Å². The van der Waals surface area contributed by atoms with Gasteiger partial charge in [0.2, 0.25) is 11.8 Å². The zero-order chi connectivity index (χ0) is 23.7. The van der Waals surface area contributed by atoms with E-state index >= 15 is 0 Å². The Hall–Kier alpha value is -2.82. The first-order valence-corrected chi connectivity index (χ1v) is 11.4. The van der Waals surface area contributed by atoms with Gasteiger partial charge in [-0.15, -0.1) is 0 Å². The lowest BCUT2D eigenvalue weighted by atomic mass is 9.86. The molecule has 0 aromatic heterocycles. The lowest BCUT2D eigenvalue weighted by molar-refractivity contribution is -0.140. The standard InChI is InChI=1S/C27H38N2O3/c1-7-18-28-26(31)20(2)29(19-22-10-15-24(32-6)16-11-22)25(30)17-12-21-8-13-23(14-9-21)27(3,4)5/h8-11,13-16,20H,7,12,17-19H2,1-6H3,(H,28,31)/t20-/m0/s1. The molecule has 0 saturated carbocycles. The van der Waals surface area contributed by atoms with Gasteiger partial charge < -0.3 is 15.0 Å². The molecule has 0 radical (unpaired) electrons. The third-order valence-electron chi connectivity index (χ3n) is 5.68. The van der Waals surface area contributed by atoms with Gasteiger partial charge >= 0.3 is 0 Å². The molecule has 0 fully saturated rings. The van der Waals surface area contributed by atoms with Crippen LogP contribution in [-0.2, 0) is 28.0 Å². The third-order valence-corrected chi connectivity index (χ3v) is 5.68. The predicted molar refractivity (Wildman–Crippen MR) is 130 cm³/mol. The highest BCUT2D eigenvalue weighted by molar-refractivity contribution is 5.87. The molecule has 0 aliphatic carbocycles. The highest BCUT2D eigenvalue weighted by atomic mass is 16.5. The van der Waals surface area contributed by atoms with Crippen LogP contribution in [0.15, 0.2) is 48.5 Å². The summed E-state index contributed by atoms with van der Waals surface area (Å²) in [5.74, 6) is 0.613. The number of carbonyl (C=O) groups is 2. The summed E-state index contributed by atoms with van der Waals surface area (Å²) < 4.78 is 5.22. The Kier molecular flexibility index (Phi) is 9.30. The first-order chi connectivity index (χ1) is 15.2. The molecule has 1 N–H and O–H groups in total. The molecule has 174 valence electrons. The molecular formula is C27H38N2O3. The Bertz CT molecular complexity index is 867. The molecule has 0 saturated heterocycles. The van der Waals surface area contributed by atoms with Crippen LogP contribution < -0.4 is 10.1 Å². The fourth-order valence-corrected chi connectivity index (χ4v) is 3.47. The maximum Gasteiger partial charge on any atom is 0.242 e. The van der Waals surface area contributed by atoms with Crippen molar-refractivity contribution in [3.63, 3.8) is 0 Å². The summed E-state index contributed by atoms with van der Waals surface area (Å²) in [5, 5.41) is 2.91. The van der Waals surface area contributed by atoms with Crippen LogP contribution in [0.3, 0.4) is 0 Å². The number of nitrogens with zero attached hydrogens (tertiary/aromatic N) is 1. The van der Waals surface area contributed by atoms with Crippen molar-refractivity contribution in [2.24, 2.45) is 0 Å². The minimum Gasteiger partial charge on any atom is -0.497 e. The molecule has 32 heavy (non-hydrogen) atoms. The van der Waals surface area contributed by atoms with E-state index < -0.39 is 6.04 Å². The average molecular weight is 439 g/mol. The van der Waals surface area contributed by atoms with E-state index in [1.165, 1.54) is 5.56 Å². The van der Waals surface area contributed by atoms with Crippen molar-refractivity contribution in [1.82, 2.24) is 10.2 Å². The molecule has 2 amide bonds. The lowest BCUT2D eigenvalue weighted by Gasteiger charge is -2.29. The van der Waals surface area contributed by atoms with Gasteiger partial charge in [-0.25, -0.2) is 0 Å². The quantitative estimate of drug-likeness (QED) is 0.576. The van der Waals surface area contributed by atoms with Crippen LogP contribution in [0.25, 0.3) is 0 Å². The summed E-state index contributed by atoms with van der Waals surface area (Å²) in [6, 6.07) is 15.5.